The van der Waals surface area contributed by atoms with E-state index in [1.807, 2.05) is 35.7 Å². The normalized spacial score (nSPS) is 15.7. The van der Waals surface area contributed by atoms with Crippen LogP contribution in [0.15, 0.2) is 47.4 Å². The summed E-state index contributed by atoms with van der Waals surface area (Å²) in [6.07, 6.45) is 0. The predicted octanol–water partition coefficient (Wildman–Crippen LogP) is 4.73. The van der Waals surface area contributed by atoms with Gasteiger partial charge in [0.2, 0.25) is 0 Å². The van der Waals surface area contributed by atoms with Gasteiger partial charge in [0, 0.05) is 16.5 Å². The van der Waals surface area contributed by atoms with Crippen molar-refractivity contribution in [2.45, 2.75) is 9.48 Å². The molecule has 2 aromatic carbocycles. The molecule has 0 radical (unpaired) electrons. The van der Waals surface area contributed by atoms with Gasteiger partial charge in [-0.1, -0.05) is 23.7 Å². The van der Waals surface area contributed by atoms with Crippen LogP contribution in [0.4, 0.5) is 4.39 Å². The van der Waals surface area contributed by atoms with Gasteiger partial charge in [0.25, 0.3) is 0 Å². The number of hydrogen-bond donors (Lipinski definition) is 0. The molecular formula is C15H12ClFO3S3. The SMILES string of the molecule is O=S(=O)(Oc1ccc(C2SCCS2)cc1)c1ccc(Cl)cc1F. The van der Waals surface area contributed by atoms with Gasteiger partial charge in [-0.25, -0.2) is 4.39 Å². The first-order chi connectivity index (χ1) is 11.0. The van der Waals surface area contributed by atoms with E-state index < -0.39 is 20.8 Å². The lowest BCUT2D eigenvalue weighted by atomic mass is 10.2. The summed E-state index contributed by atoms with van der Waals surface area (Å²) in [5.74, 6) is 1.43. The first kappa shape index (κ1) is 17.0. The van der Waals surface area contributed by atoms with Gasteiger partial charge < -0.3 is 4.18 Å². The second-order valence-corrected chi connectivity index (χ2v) is 9.43. The molecule has 0 bridgehead atoms. The molecule has 1 fully saturated rings. The molecular weight excluding hydrogens is 379 g/mol. The van der Waals surface area contributed by atoms with Gasteiger partial charge >= 0.3 is 10.1 Å². The summed E-state index contributed by atoms with van der Waals surface area (Å²) in [7, 11) is -4.24. The third-order valence-corrected chi connectivity index (χ3v) is 7.76. The van der Waals surface area contributed by atoms with Gasteiger partial charge in [-0.2, -0.15) is 8.42 Å². The van der Waals surface area contributed by atoms with Crippen LogP contribution in [-0.4, -0.2) is 19.9 Å². The number of hydrogen-bond acceptors (Lipinski definition) is 5. The van der Waals surface area contributed by atoms with Crippen LogP contribution in [0.3, 0.4) is 0 Å². The topological polar surface area (TPSA) is 43.4 Å². The lowest BCUT2D eigenvalue weighted by molar-refractivity contribution is 0.476. The van der Waals surface area contributed by atoms with Crippen LogP contribution in [0.2, 0.25) is 5.02 Å². The standard InChI is InChI=1S/C15H12ClFO3S3/c16-11-3-6-14(13(17)9-11)23(18,19)20-12-4-1-10(2-5-12)15-21-7-8-22-15/h1-6,9,15H,7-8H2. The van der Waals surface area contributed by atoms with Crippen LogP contribution in [0, 0.1) is 5.82 Å². The molecule has 8 heteroatoms. The van der Waals surface area contributed by atoms with Crippen LogP contribution in [0.5, 0.6) is 5.75 Å². The maximum Gasteiger partial charge on any atom is 0.342 e. The Labute approximate surface area is 147 Å². The highest BCUT2D eigenvalue weighted by atomic mass is 35.5. The molecule has 0 saturated carbocycles. The fraction of sp³-hybridized carbons (Fsp3) is 0.200. The minimum atomic E-state index is -4.24. The van der Waals surface area contributed by atoms with Crippen molar-refractivity contribution in [3.8, 4) is 5.75 Å². The van der Waals surface area contributed by atoms with E-state index in [2.05, 4.69) is 0 Å². The van der Waals surface area contributed by atoms with Gasteiger partial charge in [0.15, 0.2) is 0 Å². The second-order valence-electron chi connectivity index (χ2n) is 4.75. The largest absolute Gasteiger partial charge is 0.379 e. The first-order valence-corrected chi connectivity index (χ1v) is 10.6. The molecule has 0 aliphatic carbocycles. The van der Waals surface area contributed by atoms with Crippen molar-refractivity contribution in [1.29, 1.82) is 0 Å². The Morgan fingerprint density at radius 2 is 1.74 bits per heavy atom. The molecule has 3 rings (SSSR count). The monoisotopic (exact) mass is 390 g/mol. The van der Waals surface area contributed by atoms with Crippen LogP contribution in [0.1, 0.15) is 10.1 Å². The van der Waals surface area contributed by atoms with Crippen LogP contribution in [0.25, 0.3) is 0 Å². The summed E-state index contributed by atoms with van der Waals surface area (Å²) >= 11 is 9.34. The number of rotatable bonds is 4. The van der Waals surface area contributed by atoms with Crippen LogP contribution < -0.4 is 4.18 Å². The number of thioether (sulfide) groups is 2. The fourth-order valence-electron chi connectivity index (χ4n) is 2.08. The molecule has 0 atom stereocenters. The van der Waals surface area contributed by atoms with Crippen molar-refractivity contribution in [2.75, 3.05) is 11.5 Å². The zero-order valence-corrected chi connectivity index (χ0v) is 14.9. The molecule has 1 saturated heterocycles. The average molecular weight is 391 g/mol. The summed E-state index contributed by atoms with van der Waals surface area (Å²) in [4.78, 5) is -0.534. The summed E-state index contributed by atoms with van der Waals surface area (Å²) in [6, 6.07) is 10.2. The van der Waals surface area contributed by atoms with E-state index in [9.17, 15) is 12.8 Å². The van der Waals surface area contributed by atoms with Crippen LogP contribution >= 0.6 is 35.1 Å². The van der Waals surface area contributed by atoms with E-state index in [1.54, 1.807) is 12.1 Å². The molecule has 0 aromatic heterocycles. The maximum atomic E-state index is 13.8. The van der Waals surface area contributed by atoms with Crippen molar-refractivity contribution in [1.82, 2.24) is 0 Å². The summed E-state index contributed by atoms with van der Waals surface area (Å²) in [5.41, 5.74) is 1.11. The fourth-order valence-corrected chi connectivity index (χ4v) is 6.09. The van der Waals surface area contributed by atoms with Crippen molar-refractivity contribution in [3.05, 3.63) is 58.9 Å². The molecule has 3 nitrogen and oxygen atoms in total. The zero-order chi connectivity index (χ0) is 16.4. The van der Waals surface area contributed by atoms with Crippen molar-refractivity contribution in [3.63, 3.8) is 0 Å². The van der Waals surface area contributed by atoms with E-state index in [4.69, 9.17) is 15.8 Å². The molecule has 0 N–H and O–H groups in total. The summed E-state index contributed by atoms with van der Waals surface area (Å²) in [5, 5.41) is 0.123. The lowest BCUT2D eigenvalue weighted by Gasteiger charge is -2.11. The highest BCUT2D eigenvalue weighted by Crippen LogP contribution is 2.45. The Kier molecular flexibility index (Phi) is 5.10. The maximum absolute atomic E-state index is 13.8. The van der Waals surface area contributed by atoms with Crippen LogP contribution in [-0.2, 0) is 10.1 Å². The average Bonchev–Trinajstić information content (AvgIpc) is 3.01. The minimum Gasteiger partial charge on any atom is -0.379 e. The summed E-state index contributed by atoms with van der Waals surface area (Å²) in [6.45, 7) is 0. The molecule has 0 amide bonds. The molecule has 0 unspecified atom stereocenters. The Bertz CT molecular complexity index is 803. The number of halogens is 2. The van der Waals surface area contributed by atoms with Gasteiger partial charge in [-0.3, -0.25) is 0 Å². The Morgan fingerprint density at radius 3 is 2.35 bits per heavy atom. The quantitative estimate of drug-likeness (QED) is 0.706. The zero-order valence-electron chi connectivity index (χ0n) is 11.7. The molecule has 122 valence electrons. The Hall–Kier alpha value is -0.890. The van der Waals surface area contributed by atoms with Crippen molar-refractivity contribution < 1.29 is 17.0 Å². The second kappa shape index (κ2) is 6.93. The van der Waals surface area contributed by atoms with Crippen molar-refractivity contribution in [2.24, 2.45) is 0 Å². The molecule has 1 heterocycles. The van der Waals surface area contributed by atoms with Gasteiger partial charge in [-0.15, -0.1) is 23.5 Å². The van der Waals surface area contributed by atoms with Gasteiger partial charge in [0.05, 0.1) is 4.58 Å². The van der Waals surface area contributed by atoms with E-state index in [-0.39, 0.29) is 10.8 Å². The minimum absolute atomic E-state index is 0.123. The molecule has 2 aromatic rings. The molecule has 1 aliphatic rings. The summed E-state index contributed by atoms with van der Waals surface area (Å²) < 4.78 is 43.5. The highest BCUT2D eigenvalue weighted by molar-refractivity contribution is 8.19. The molecule has 23 heavy (non-hydrogen) atoms. The Balaban J connectivity index is 1.80. The van der Waals surface area contributed by atoms with Crippen molar-refractivity contribution >= 4 is 45.2 Å². The molecule has 0 spiro atoms. The lowest BCUT2D eigenvalue weighted by Crippen LogP contribution is -2.11. The first-order valence-electron chi connectivity index (χ1n) is 6.68. The highest BCUT2D eigenvalue weighted by Gasteiger charge is 2.22. The third kappa shape index (κ3) is 3.96. The number of benzene rings is 2. The van der Waals surface area contributed by atoms with E-state index in [0.29, 0.717) is 4.58 Å². The Morgan fingerprint density at radius 1 is 1.09 bits per heavy atom. The van der Waals surface area contributed by atoms with Gasteiger partial charge in [-0.05, 0) is 35.9 Å². The van der Waals surface area contributed by atoms with Gasteiger partial charge in [0.1, 0.15) is 16.5 Å². The van der Waals surface area contributed by atoms with E-state index in [1.165, 1.54) is 6.07 Å². The smallest absolute Gasteiger partial charge is 0.342 e. The molecule has 1 aliphatic heterocycles. The van der Waals surface area contributed by atoms with E-state index >= 15 is 0 Å². The predicted molar refractivity (Wildman–Crippen MR) is 93.3 cm³/mol. The third-order valence-electron chi connectivity index (χ3n) is 3.14. The van der Waals surface area contributed by atoms with E-state index in [0.717, 1.165) is 29.2 Å².